The quantitative estimate of drug-likeness (QED) is 0.293. The molecule has 0 heterocycles. The maximum absolute atomic E-state index is 8.74. The van der Waals surface area contributed by atoms with Crippen molar-refractivity contribution in [1.82, 2.24) is 0 Å². The van der Waals surface area contributed by atoms with Crippen molar-refractivity contribution in [3.8, 4) is 0 Å². The van der Waals surface area contributed by atoms with Gasteiger partial charge in [0.25, 0.3) is 0 Å². The fraction of sp³-hybridized carbons (Fsp3) is 0. The first-order chi connectivity index (χ1) is 3.41. The fourth-order valence-electron chi connectivity index (χ4n) is 0. The van der Waals surface area contributed by atoms with Gasteiger partial charge in [-0.05, 0) is 0 Å². The first-order valence-electron chi connectivity index (χ1n) is 1.11. The van der Waals surface area contributed by atoms with Crippen molar-refractivity contribution >= 4 is 15.6 Å². The Bertz CT molecular complexity index is 127. The van der Waals surface area contributed by atoms with Gasteiger partial charge in [0.05, 0.1) is 0 Å². The molecular formula is CH3CuO5S. The van der Waals surface area contributed by atoms with Crippen molar-refractivity contribution in [3.63, 3.8) is 0 Å². The van der Waals surface area contributed by atoms with E-state index in [4.69, 9.17) is 22.3 Å². The van der Waals surface area contributed by atoms with Gasteiger partial charge in [-0.25, -0.2) is 0 Å². The molecule has 8 heavy (non-hydrogen) atoms. The van der Waals surface area contributed by atoms with Crippen LogP contribution in [0.25, 0.3) is 0 Å². The molecule has 0 radical (unpaired) electrons. The predicted octanol–water partition coefficient (Wildman–Crippen LogP) is -0.929. The van der Waals surface area contributed by atoms with Crippen molar-refractivity contribution in [2.24, 2.45) is 0 Å². The van der Waals surface area contributed by atoms with Gasteiger partial charge in [0, 0.05) is 0 Å². The molecule has 7 heteroatoms. The molecule has 0 aromatic carbocycles. The molecule has 0 spiro atoms. The average Bonchev–Trinajstić information content (AvgIpc) is 1.27. The zero-order chi connectivity index (χ0) is 7.21. The van der Waals surface area contributed by atoms with Crippen molar-refractivity contribution in [3.05, 3.63) is 0 Å². The normalized spacial score (nSPS) is 9.00. The van der Waals surface area contributed by atoms with Crippen LogP contribution < -0.4 is 0 Å². The molecule has 0 aliphatic rings. The van der Waals surface area contributed by atoms with E-state index >= 15 is 0 Å². The fourth-order valence-corrected chi connectivity index (χ4v) is 0. The Morgan fingerprint density at radius 2 is 1.38 bits per heavy atom. The summed E-state index contributed by atoms with van der Waals surface area (Å²) in [5.74, 6) is 0. The number of hydrogen-bond acceptors (Lipinski definition) is 3. The monoisotopic (exact) mass is 190 g/mol. The Morgan fingerprint density at radius 1 is 1.38 bits per heavy atom. The summed E-state index contributed by atoms with van der Waals surface area (Å²) in [5.41, 5.74) is 0. The molecular weight excluding hydrogens is 188 g/mol. The SMILES string of the molecule is O=S(=O)(O)O.O=[CH][Cu]. The van der Waals surface area contributed by atoms with Gasteiger partial charge < -0.3 is 0 Å². The Balaban J connectivity index is 0. The maximum atomic E-state index is 8.74. The first kappa shape index (κ1) is 10.9. The summed E-state index contributed by atoms with van der Waals surface area (Å²) in [5, 5.41) is 0.312. The van der Waals surface area contributed by atoms with E-state index < -0.39 is 10.4 Å². The summed E-state index contributed by atoms with van der Waals surface area (Å²) in [4.78, 5) is 8.61. The Hall–Kier alpha value is 0.0595. The third-order valence-corrected chi connectivity index (χ3v) is 0. The van der Waals surface area contributed by atoms with Crippen LogP contribution in [0.4, 0.5) is 0 Å². The molecule has 2 N–H and O–H groups in total. The van der Waals surface area contributed by atoms with E-state index in [9.17, 15) is 0 Å². The van der Waals surface area contributed by atoms with Crippen LogP contribution in [0.1, 0.15) is 0 Å². The van der Waals surface area contributed by atoms with E-state index in [2.05, 4.69) is 16.0 Å². The summed E-state index contributed by atoms with van der Waals surface area (Å²) < 4.78 is 31.6. The Labute approximate surface area is 54.5 Å². The second-order valence-corrected chi connectivity index (χ2v) is 1.64. The molecule has 0 atom stereocenters. The summed E-state index contributed by atoms with van der Waals surface area (Å²) in [6.07, 6.45) is 0. The van der Waals surface area contributed by atoms with Crippen LogP contribution in [-0.2, 0) is 31.2 Å². The van der Waals surface area contributed by atoms with Gasteiger partial charge >= 0.3 is 36.4 Å². The third-order valence-electron chi connectivity index (χ3n) is 0. The molecule has 0 aromatic heterocycles. The van der Waals surface area contributed by atoms with Crippen LogP contribution in [0.15, 0.2) is 0 Å². The Morgan fingerprint density at radius 3 is 1.38 bits per heavy atom. The molecule has 0 aromatic rings. The van der Waals surface area contributed by atoms with Gasteiger partial charge in [0.15, 0.2) is 0 Å². The molecule has 0 rings (SSSR count). The van der Waals surface area contributed by atoms with Gasteiger partial charge in [0.2, 0.25) is 0 Å². The predicted molar refractivity (Wildman–Crippen MR) is 20.9 cm³/mol. The van der Waals surface area contributed by atoms with Crippen molar-refractivity contribution in [1.29, 1.82) is 0 Å². The van der Waals surface area contributed by atoms with Gasteiger partial charge in [0.1, 0.15) is 0 Å². The minimum atomic E-state index is -4.67. The summed E-state index contributed by atoms with van der Waals surface area (Å²) in [6, 6.07) is 0. The molecule has 0 aliphatic heterocycles. The van der Waals surface area contributed by atoms with Gasteiger partial charge in [-0.1, -0.05) is 0 Å². The third kappa shape index (κ3) is 43800. The molecule has 0 saturated carbocycles. The molecule has 0 fully saturated rings. The number of carbonyl (C=O) groups is 1. The van der Waals surface area contributed by atoms with Crippen molar-refractivity contribution in [2.75, 3.05) is 0 Å². The topological polar surface area (TPSA) is 91.7 Å². The number of hydrogen-bond donors (Lipinski definition) is 2. The average molecular weight is 191 g/mol. The second-order valence-electron chi connectivity index (χ2n) is 0.519. The molecule has 0 bridgehead atoms. The molecule has 54 valence electrons. The van der Waals surface area contributed by atoms with E-state index in [0.717, 1.165) is 0 Å². The Kier molecular flexibility index (Phi) is 7.11. The van der Waals surface area contributed by atoms with E-state index in [1.54, 1.807) is 0 Å². The van der Waals surface area contributed by atoms with E-state index in [-0.39, 0.29) is 0 Å². The first-order valence-corrected chi connectivity index (χ1v) is 3.05. The molecule has 5 nitrogen and oxygen atoms in total. The van der Waals surface area contributed by atoms with E-state index in [0.29, 0.717) is 5.18 Å². The van der Waals surface area contributed by atoms with Crippen LogP contribution in [-0.4, -0.2) is 22.7 Å². The van der Waals surface area contributed by atoms with Crippen LogP contribution in [0.3, 0.4) is 0 Å². The molecule has 0 saturated heterocycles. The summed E-state index contributed by atoms with van der Waals surface area (Å²) >= 11 is 3.83. The van der Waals surface area contributed by atoms with Gasteiger partial charge in [-0.15, -0.1) is 0 Å². The molecule has 0 aliphatic carbocycles. The molecule has 0 amide bonds. The summed E-state index contributed by atoms with van der Waals surface area (Å²) in [6.45, 7) is 0. The van der Waals surface area contributed by atoms with E-state index in [1.165, 1.54) is 0 Å². The zero-order valence-corrected chi connectivity index (χ0v) is 5.16. The minimum absolute atomic E-state index is 0.312. The second kappa shape index (κ2) is 5.20. The summed E-state index contributed by atoms with van der Waals surface area (Å²) in [7, 11) is -4.67. The van der Waals surface area contributed by atoms with Gasteiger partial charge in [-0.3, -0.25) is 9.11 Å². The molecule has 0 unspecified atom stereocenters. The van der Waals surface area contributed by atoms with Crippen molar-refractivity contribution < 1.29 is 38.3 Å². The number of carbonyl (C=O) groups excluding carboxylic acids is 1. The van der Waals surface area contributed by atoms with Crippen molar-refractivity contribution in [2.45, 2.75) is 0 Å². The van der Waals surface area contributed by atoms with Crippen LogP contribution in [0.5, 0.6) is 0 Å². The van der Waals surface area contributed by atoms with E-state index in [1.807, 2.05) is 0 Å². The standard InChI is InChI=1S/CHO.Cu.H2O4S/c1-2;;1-5(2,3)4/h1H;;(H2,1,2,3,4). The van der Waals surface area contributed by atoms with Gasteiger partial charge in [-0.2, -0.15) is 8.42 Å². The number of rotatable bonds is 0. The van der Waals surface area contributed by atoms with Crippen LogP contribution in [0, 0.1) is 0 Å². The van der Waals surface area contributed by atoms with Crippen LogP contribution >= 0.6 is 0 Å². The van der Waals surface area contributed by atoms with Crippen LogP contribution in [0.2, 0.25) is 0 Å². The zero-order valence-electron chi connectivity index (χ0n) is 3.41.